The molecule has 0 aromatic heterocycles. The van der Waals surface area contributed by atoms with Gasteiger partial charge >= 0.3 is 0 Å². The van der Waals surface area contributed by atoms with E-state index in [1.54, 1.807) is 0 Å². The first-order valence-electron chi connectivity index (χ1n) is 10.00. The first kappa shape index (κ1) is 22.8. The maximum Gasteiger partial charge on any atom is 0.129 e. The van der Waals surface area contributed by atoms with Crippen LogP contribution in [0.4, 0.5) is 8.78 Å². The summed E-state index contributed by atoms with van der Waals surface area (Å²) in [6.07, 6.45) is -0.265. The van der Waals surface area contributed by atoms with Crippen molar-refractivity contribution >= 4 is 28.8 Å². The monoisotopic (exact) mass is 445 g/mol. The number of benzene rings is 2. The van der Waals surface area contributed by atoms with Crippen LogP contribution in [0.3, 0.4) is 0 Å². The molecule has 0 bridgehead atoms. The summed E-state index contributed by atoms with van der Waals surface area (Å²) >= 11 is 6.65. The zero-order chi connectivity index (χ0) is 22.4. The summed E-state index contributed by atoms with van der Waals surface area (Å²) in [5.74, 6) is -0.274. The summed E-state index contributed by atoms with van der Waals surface area (Å²) in [4.78, 5) is 6.41. The molecule has 0 amide bonds. The lowest BCUT2D eigenvalue weighted by atomic mass is 10.0. The Kier molecular flexibility index (Phi) is 7.65. The second kappa shape index (κ2) is 10.4. The molecule has 0 aliphatic carbocycles. The first-order valence-corrected chi connectivity index (χ1v) is 10.4. The molecule has 0 spiro atoms. The van der Waals surface area contributed by atoms with Gasteiger partial charge in [0.1, 0.15) is 17.8 Å². The first-order chi connectivity index (χ1) is 14.9. The number of hydrogen-bond acceptors (Lipinski definition) is 4. The number of halogens is 3. The summed E-state index contributed by atoms with van der Waals surface area (Å²) in [7, 11) is 0. The molecule has 1 saturated heterocycles. The summed E-state index contributed by atoms with van der Waals surface area (Å²) in [6.45, 7) is 2.02. The average Bonchev–Trinajstić information content (AvgIpc) is 3.19. The van der Waals surface area contributed by atoms with Crippen LogP contribution in [0.2, 0.25) is 0 Å². The normalized spacial score (nSPS) is 19.2. The van der Waals surface area contributed by atoms with Gasteiger partial charge in [-0.05, 0) is 41.8 Å². The third kappa shape index (κ3) is 5.83. The molecule has 1 fully saturated rings. The number of likely N-dealkylation sites (tertiary alicyclic amines) is 1. The fourth-order valence-corrected chi connectivity index (χ4v) is 3.71. The molecule has 0 saturated carbocycles. The minimum atomic E-state index is -0.797. The molecule has 0 radical (unpaired) electrons. The number of nitrogens with zero attached hydrogens (tertiary/aromatic N) is 2. The second-order valence-electron chi connectivity index (χ2n) is 7.34. The SMILES string of the molecule is NC(=NCCN1CCC(F)C1)C(=C(N)c1ccc(F)cc1)/C(Cl)=C(\N)c1ccccc1. The Morgan fingerprint density at radius 2 is 1.65 bits per heavy atom. The summed E-state index contributed by atoms with van der Waals surface area (Å²) in [5.41, 5.74) is 21.0. The van der Waals surface area contributed by atoms with E-state index in [0.29, 0.717) is 49.4 Å². The smallest absolute Gasteiger partial charge is 0.129 e. The third-order valence-corrected chi connectivity index (χ3v) is 5.53. The Labute approximate surface area is 185 Å². The van der Waals surface area contributed by atoms with Crippen LogP contribution in [0.15, 0.2) is 70.2 Å². The Morgan fingerprint density at radius 3 is 2.26 bits per heavy atom. The zero-order valence-electron chi connectivity index (χ0n) is 17.1. The molecule has 6 N–H and O–H groups in total. The molecule has 2 aromatic carbocycles. The molecule has 8 heteroatoms. The van der Waals surface area contributed by atoms with E-state index in [4.69, 9.17) is 28.8 Å². The van der Waals surface area contributed by atoms with Crippen molar-refractivity contribution in [2.45, 2.75) is 12.6 Å². The highest BCUT2D eigenvalue weighted by Crippen LogP contribution is 2.28. The molecular formula is C23H26ClF2N5. The van der Waals surface area contributed by atoms with Gasteiger partial charge in [0, 0.05) is 19.6 Å². The molecule has 1 aliphatic heterocycles. The number of amidine groups is 1. The van der Waals surface area contributed by atoms with E-state index in [1.807, 2.05) is 35.2 Å². The predicted octanol–water partition coefficient (Wildman–Crippen LogP) is 3.46. The van der Waals surface area contributed by atoms with Crippen LogP contribution in [-0.4, -0.2) is 43.1 Å². The highest BCUT2D eigenvalue weighted by atomic mass is 35.5. The number of rotatable bonds is 7. The zero-order valence-corrected chi connectivity index (χ0v) is 17.8. The van der Waals surface area contributed by atoms with E-state index >= 15 is 0 Å². The van der Waals surface area contributed by atoms with Crippen molar-refractivity contribution in [3.8, 4) is 0 Å². The Balaban J connectivity index is 1.96. The van der Waals surface area contributed by atoms with Crippen molar-refractivity contribution in [3.05, 3.63) is 82.1 Å². The van der Waals surface area contributed by atoms with Crippen molar-refractivity contribution < 1.29 is 8.78 Å². The van der Waals surface area contributed by atoms with Crippen LogP contribution in [0.5, 0.6) is 0 Å². The average molecular weight is 446 g/mol. The van der Waals surface area contributed by atoms with E-state index in [0.717, 1.165) is 0 Å². The number of aliphatic imine (C=N–C) groups is 1. The van der Waals surface area contributed by atoms with Crippen molar-refractivity contribution in [1.82, 2.24) is 4.90 Å². The van der Waals surface area contributed by atoms with E-state index in [-0.39, 0.29) is 28.0 Å². The van der Waals surface area contributed by atoms with Gasteiger partial charge in [-0.15, -0.1) is 0 Å². The number of alkyl halides is 1. The van der Waals surface area contributed by atoms with Gasteiger partial charge in [-0.1, -0.05) is 41.9 Å². The topological polar surface area (TPSA) is 93.7 Å². The minimum absolute atomic E-state index is 0.113. The van der Waals surface area contributed by atoms with E-state index in [1.165, 1.54) is 24.3 Å². The molecule has 2 aromatic rings. The molecular weight excluding hydrogens is 420 g/mol. The molecule has 3 rings (SSSR count). The predicted molar refractivity (Wildman–Crippen MR) is 123 cm³/mol. The van der Waals surface area contributed by atoms with E-state index < -0.39 is 6.17 Å². The fraction of sp³-hybridized carbons (Fsp3) is 0.261. The van der Waals surface area contributed by atoms with Crippen molar-refractivity contribution in [2.75, 3.05) is 26.2 Å². The van der Waals surface area contributed by atoms with Gasteiger partial charge in [-0.2, -0.15) is 0 Å². The van der Waals surface area contributed by atoms with Gasteiger partial charge < -0.3 is 17.2 Å². The summed E-state index contributed by atoms with van der Waals surface area (Å²) < 4.78 is 26.7. The summed E-state index contributed by atoms with van der Waals surface area (Å²) in [6, 6.07) is 14.8. The standard InChI is InChI=1S/C23H26ClF2N5/c24-20(22(28)15-4-2-1-3-5-15)19(21(27)16-6-8-17(25)9-7-16)23(29)30-11-13-31-12-10-18(26)14-31/h1-9,18H,10-14,27-28H2,(H2,29,30)/b21-19?,22-20+. The third-order valence-electron chi connectivity index (χ3n) is 5.13. The largest absolute Gasteiger partial charge is 0.398 e. The number of hydrogen-bond donors (Lipinski definition) is 3. The van der Waals surface area contributed by atoms with Crippen LogP contribution in [0.25, 0.3) is 11.4 Å². The molecule has 1 heterocycles. The Bertz CT molecular complexity index is 987. The van der Waals surface area contributed by atoms with Crippen molar-refractivity contribution in [1.29, 1.82) is 0 Å². The van der Waals surface area contributed by atoms with Crippen LogP contribution in [-0.2, 0) is 0 Å². The van der Waals surface area contributed by atoms with Crippen LogP contribution >= 0.6 is 11.6 Å². The maximum atomic E-state index is 13.4. The van der Waals surface area contributed by atoms with Crippen molar-refractivity contribution in [2.24, 2.45) is 22.2 Å². The maximum absolute atomic E-state index is 13.4. The van der Waals surface area contributed by atoms with Crippen LogP contribution < -0.4 is 17.2 Å². The van der Waals surface area contributed by atoms with Crippen LogP contribution in [0.1, 0.15) is 17.5 Å². The van der Waals surface area contributed by atoms with Crippen LogP contribution in [0, 0.1) is 5.82 Å². The minimum Gasteiger partial charge on any atom is -0.398 e. The molecule has 31 heavy (non-hydrogen) atoms. The van der Waals surface area contributed by atoms with Gasteiger partial charge in [0.2, 0.25) is 0 Å². The quantitative estimate of drug-likeness (QED) is 0.345. The fourth-order valence-electron chi connectivity index (χ4n) is 3.40. The van der Waals surface area contributed by atoms with Gasteiger partial charge in [-0.25, -0.2) is 8.78 Å². The Hall–Kier alpha value is -2.90. The highest BCUT2D eigenvalue weighted by molar-refractivity contribution is 6.39. The lowest BCUT2D eigenvalue weighted by Gasteiger charge is -2.16. The van der Waals surface area contributed by atoms with Crippen molar-refractivity contribution in [3.63, 3.8) is 0 Å². The number of nitrogens with two attached hydrogens (primary N) is 3. The highest BCUT2D eigenvalue weighted by Gasteiger charge is 2.21. The van der Waals surface area contributed by atoms with Gasteiger partial charge in [0.25, 0.3) is 0 Å². The van der Waals surface area contributed by atoms with Gasteiger partial charge in [-0.3, -0.25) is 9.89 Å². The molecule has 1 atom stereocenters. The molecule has 1 unspecified atom stereocenters. The van der Waals surface area contributed by atoms with Gasteiger partial charge in [0.05, 0.1) is 28.5 Å². The Morgan fingerprint density at radius 1 is 1.00 bits per heavy atom. The lowest BCUT2D eigenvalue weighted by Crippen LogP contribution is -2.26. The van der Waals surface area contributed by atoms with Gasteiger partial charge in [0.15, 0.2) is 0 Å². The molecule has 5 nitrogen and oxygen atoms in total. The summed E-state index contributed by atoms with van der Waals surface area (Å²) in [5, 5.41) is 0.152. The molecule has 1 aliphatic rings. The van der Waals surface area contributed by atoms with E-state index in [2.05, 4.69) is 4.99 Å². The lowest BCUT2D eigenvalue weighted by molar-refractivity contribution is 0.293. The molecule has 164 valence electrons. The van der Waals surface area contributed by atoms with E-state index in [9.17, 15) is 8.78 Å². The second-order valence-corrected chi connectivity index (χ2v) is 7.72.